The minimum absolute atomic E-state index is 0.195. The third-order valence-corrected chi connectivity index (χ3v) is 4.02. The van der Waals surface area contributed by atoms with E-state index in [0.29, 0.717) is 12.2 Å². The summed E-state index contributed by atoms with van der Waals surface area (Å²) in [6, 6.07) is 0. The van der Waals surface area contributed by atoms with Crippen LogP contribution in [0.2, 0.25) is 0 Å². The van der Waals surface area contributed by atoms with Gasteiger partial charge in [0, 0.05) is 18.6 Å². The summed E-state index contributed by atoms with van der Waals surface area (Å²) in [4.78, 5) is 0. The second-order valence-corrected chi connectivity index (χ2v) is 5.53. The lowest BCUT2D eigenvalue weighted by molar-refractivity contribution is -0.137. The first-order valence-corrected chi connectivity index (χ1v) is 6.44. The molecule has 2 aliphatic heterocycles. The molecule has 2 nitrogen and oxygen atoms in total. The van der Waals surface area contributed by atoms with E-state index in [-0.39, 0.29) is 5.41 Å². The molecule has 0 aromatic rings. The van der Waals surface area contributed by atoms with Crippen molar-refractivity contribution in [2.75, 3.05) is 13.2 Å². The van der Waals surface area contributed by atoms with E-state index in [9.17, 15) is 0 Å². The zero-order valence-electron chi connectivity index (χ0n) is 10.1. The van der Waals surface area contributed by atoms with Crippen LogP contribution in [0.25, 0.3) is 0 Å². The van der Waals surface area contributed by atoms with Gasteiger partial charge in [0.25, 0.3) is 0 Å². The van der Waals surface area contributed by atoms with Crippen LogP contribution in [-0.4, -0.2) is 25.4 Å². The average Bonchev–Trinajstić information content (AvgIpc) is 2.31. The monoisotopic (exact) mass is 212 g/mol. The van der Waals surface area contributed by atoms with Gasteiger partial charge in [0.05, 0.1) is 12.2 Å². The molecule has 0 aromatic heterocycles. The molecule has 0 aliphatic carbocycles. The molecule has 0 spiro atoms. The molecule has 0 aromatic carbocycles. The Labute approximate surface area is 93.3 Å². The molecule has 88 valence electrons. The van der Waals surface area contributed by atoms with Gasteiger partial charge in [-0.05, 0) is 38.5 Å². The lowest BCUT2D eigenvalue weighted by Gasteiger charge is -2.43. The molecule has 15 heavy (non-hydrogen) atoms. The summed E-state index contributed by atoms with van der Waals surface area (Å²) in [5, 5.41) is 0. The van der Waals surface area contributed by atoms with Gasteiger partial charge in [0.1, 0.15) is 0 Å². The van der Waals surface area contributed by atoms with Crippen molar-refractivity contribution in [3.8, 4) is 0 Å². The zero-order chi connectivity index (χ0) is 10.7. The molecule has 0 radical (unpaired) electrons. The van der Waals surface area contributed by atoms with Crippen LogP contribution in [0.15, 0.2) is 0 Å². The van der Waals surface area contributed by atoms with E-state index in [4.69, 9.17) is 9.47 Å². The van der Waals surface area contributed by atoms with Gasteiger partial charge in [-0.3, -0.25) is 0 Å². The van der Waals surface area contributed by atoms with Crippen LogP contribution < -0.4 is 0 Å². The zero-order valence-corrected chi connectivity index (χ0v) is 10.1. The maximum absolute atomic E-state index is 5.92. The molecule has 2 atom stereocenters. The van der Waals surface area contributed by atoms with E-state index in [1.165, 1.54) is 38.5 Å². The largest absolute Gasteiger partial charge is 0.378 e. The summed E-state index contributed by atoms with van der Waals surface area (Å²) in [7, 11) is 0. The first-order valence-electron chi connectivity index (χ1n) is 6.44. The van der Waals surface area contributed by atoms with Gasteiger partial charge in [-0.2, -0.15) is 0 Å². The summed E-state index contributed by atoms with van der Waals surface area (Å²) in [6.07, 6.45) is 8.36. The third-order valence-electron chi connectivity index (χ3n) is 4.02. The second kappa shape index (κ2) is 4.84. The van der Waals surface area contributed by atoms with E-state index in [0.717, 1.165) is 13.2 Å². The maximum atomic E-state index is 5.92. The van der Waals surface area contributed by atoms with Crippen LogP contribution in [0.3, 0.4) is 0 Å². The van der Waals surface area contributed by atoms with Gasteiger partial charge >= 0.3 is 0 Å². The Morgan fingerprint density at radius 2 is 1.27 bits per heavy atom. The summed E-state index contributed by atoms with van der Waals surface area (Å²) in [5.74, 6) is 0. The quantitative estimate of drug-likeness (QED) is 0.700. The molecule has 2 saturated heterocycles. The Morgan fingerprint density at radius 1 is 0.800 bits per heavy atom. The fourth-order valence-electron chi connectivity index (χ4n) is 2.86. The molecule has 0 amide bonds. The minimum atomic E-state index is 0.195. The molecule has 2 heterocycles. The molecule has 2 heteroatoms. The smallest absolute Gasteiger partial charge is 0.0650 e. The van der Waals surface area contributed by atoms with Crippen LogP contribution in [0, 0.1) is 5.41 Å². The van der Waals surface area contributed by atoms with Crippen molar-refractivity contribution in [2.45, 2.75) is 64.6 Å². The van der Waals surface area contributed by atoms with Gasteiger partial charge in [-0.25, -0.2) is 0 Å². The van der Waals surface area contributed by atoms with Crippen LogP contribution in [0.4, 0.5) is 0 Å². The van der Waals surface area contributed by atoms with Gasteiger partial charge < -0.3 is 9.47 Å². The highest BCUT2D eigenvalue weighted by atomic mass is 16.5. The lowest BCUT2D eigenvalue weighted by atomic mass is 9.75. The van der Waals surface area contributed by atoms with Crippen molar-refractivity contribution >= 4 is 0 Å². The predicted molar refractivity (Wildman–Crippen MR) is 61.0 cm³/mol. The van der Waals surface area contributed by atoms with E-state index < -0.39 is 0 Å². The Bertz CT molecular complexity index is 169. The molecule has 2 rings (SSSR count). The Balaban J connectivity index is 1.96. The van der Waals surface area contributed by atoms with Gasteiger partial charge in [0.15, 0.2) is 0 Å². The molecule has 2 unspecified atom stereocenters. The number of rotatable bonds is 2. The molecule has 2 aliphatic rings. The first kappa shape index (κ1) is 11.4. The molecule has 2 fully saturated rings. The topological polar surface area (TPSA) is 18.5 Å². The van der Waals surface area contributed by atoms with E-state index in [2.05, 4.69) is 13.8 Å². The van der Waals surface area contributed by atoms with Crippen molar-refractivity contribution in [1.29, 1.82) is 0 Å². The highest BCUT2D eigenvalue weighted by Gasteiger charge is 2.40. The summed E-state index contributed by atoms with van der Waals surface area (Å²) in [5.41, 5.74) is 0.195. The van der Waals surface area contributed by atoms with Gasteiger partial charge in [0.2, 0.25) is 0 Å². The lowest BCUT2D eigenvalue weighted by Crippen LogP contribution is -2.46. The van der Waals surface area contributed by atoms with Crippen molar-refractivity contribution in [1.82, 2.24) is 0 Å². The molecule has 0 N–H and O–H groups in total. The summed E-state index contributed by atoms with van der Waals surface area (Å²) in [6.45, 7) is 6.53. The molecular weight excluding hydrogens is 188 g/mol. The van der Waals surface area contributed by atoms with Crippen molar-refractivity contribution in [3.63, 3.8) is 0 Å². The Kier molecular flexibility index (Phi) is 3.68. The first-order chi connectivity index (χ1) is 7.21. The third kappa shape index (κ3) is 2.54. The second-order valence-electron chi connectivity index (χ2n) is 5.53. The highest BCUT2D eigenvalue weighted by molar-refractivity contribution is 4.89. The molecule has 0 bridgehead atoms. The maximum Gasteiger partial charge on any atom is 0.0650 e. The summed E-state index contributed by atoms with van der Waals surface area (Å²) < 4.78 is 11.8. The number of ether oxygens (including phenoxy) is 2. The van der Waals surface area contributed by atoms with Crippen molar-refractivity contribution in [2.24, 2.45) is 5.41 Å². The number of hydrogen-bond acceptors (Lipinski definition) is 2. The van der Waals surface area contributed by atoms with Crippen LogP contribution in [0.5, 0.6) is 0 Å². The minimum Gasteiger partial charge on any atom is -0.378 e. The fourth-order valence-corrected chi connectivity index (χ4v) is 2.86. The normalized spacial score (nSPS) is 34.0. The van der Waals surface area contributed by atoms with Crippen molar-refractivity contribution in [3.05, 3.63) is 0 Å². The predicted octanol–water partition coefficient (Wildman–Crippen LogP) is 3.15. The molecule has 0 saturated carbocycles. The van der Waals surface area contributed by atoms with Gasteiger partial charge in [-0.15, -0.1) is 0 Å². The van der Waals surface area contributed by atoms with Crippen LogP contribution >= 0.6 is 0 Å². The summed E-state index contributed by atoms with van der Waals surface area (Å²) >= 11 is 0. The molecular formula is C13H24O2. The standard InChI is InChI=1S/C13H24O2/c1-13(2,11-7-3-5-9-14-11)12-8-4-6-10-15-12/h11-12H,3-10H2,1-2H3. The van der Waals surface area contributed by atoms with Gasteiger partial charge in [-0.1, -0.05) is 13.8 Å². The van der Waals surface area contributed by atoms with Crippen LogP contribution in [0.1, 0.15) is 52.4 Å². The van der Waals surface area contributed by atoms with E-state index in [1.54, 1.807) is 0 Å². The van der Waals surface area contributed by atoms with E-state index >= 15 is 0 Å². The van der Waals surface area contributed by atoms with Crippen LogP contribution in [-0.2, 0) is 9.47 Å². The van der Waals surface area contributed by atoms with Crippen molar-refractivity contribution < 1.29 is 9.47 Å². The SMILES string of the molecule is CC(C)(C1CCCCO1)C1CCCCO1. The highest BCUT2D eigenvalue weighted by Crippen LogP contribution is 2.38. The fraction of sp³-hybridized carbons (Fsp3) is 1.00. The Morgan fingerprint density at radius 3 is 1.60 bits per heavy atom. The number of hydrogen-bond donors (Lipinski definition) is 0. The Hall–Kier alpha value is -0.0800. The average molecular weight is 212 g/mol. The van der Waals surface area contributed by atoms with E-state index in [1.807, 2.05) is 0 Å².